The number of nitrogens with zero attached hydrogens (tertiary/aromatic N) is 2. The number of methoxy groups -OCH3 is 1. The summed E-state index contributed by atoms with van der Waals surface area (Å²) in [6.45, 7) is 3.69. The fourth-order valence-corrected chi connectivity index (χ4v) is 1.50. The van der Waals surface area contributed by atoms with Gasteiger partial charge in [0, 0.05) is 6.20 Å². The van der Waals surface area contributed by atoms with Crippen molar-refractivity contribution in [3.63, 3.8) is 0 Å². The second kappa shape index (κ2) is 6.84. The third-order valence-electron chi connectivity index (χ3n) is 2.78. The quantitative estimate of drug-likeness (QED) is 0.798. The molecule has 1 amide bonds. The van der Waals surface area contributed by atoms with Gasteiger partial charge in [0.2, 0.25) is 5.91 Å². The van der Waals surface area contributed by atoms with E-state index in [0.29, 0.717) is 5.82 Å². The van der Waals surface area contributed by atoms with Crippen molar-refractivity contribution in [1.82, 2.24) is 9.88 Å². The minimum atomic E-state index is -0.471. The maximum atomic E-state index is 11.8. The third-order valence-corrected chi connectivity index (χ3v) is 2.78. The van der Waals surface area contributed by atoms with Crippen molar-refractivity contribution in [1.29, 1.82) is 0 Å². The zero-order valence-electron chi connectivity index (χ0n) is 11.6. The number of aromatic nitrogens is 1. The van der Waals surface area contributed by atoms with Gasteiger partial charge in [0.15, 0.2) is 0 Å². The van der Waals surface area contributed by atoms with Crippen LogP contribution >= 0.6 is 0 Å². The Morgan fingerprint density at radius 1 is 1.53 bits per heavy atom. The van der Waals surface area contributed by atoms with E-state index in [1.165, 1.54) is 7.11 Å². The average Bonchev–Trinajstić information content (AvgIpc) is 2.36. The molecule has 104 valence electrons. The Morgan fingerprint density at radius 3 is 2.79 bits per heavy atom. The molecule has 1 atom stereocenters. The molecule has 0 spiro atoms. The number of ether oxygens (including phenoxy) is 1. The van der Waals surface area contributed by atoms with Crippen molar-refractivity contribution >= 4 is 17.7 Å². The molecule has 0 saturated carbocycles. The van der Waals surface area contributed by atoms with Gasteiger partial charge in [0.25, 0.3) is 0 Å². The highest BCUT2D eigenvalue weighted by Crippen LogP contribution is 2.05. The molecule has 0 radical (unpaired) electrons. The van der Waals surface area contributed by atoms with Crippen LogP contribution in [0.3, 0.4) is 0 Å². The number of carbonyl (C=O) groups excluding carboxylic acids is 2. The molecule has 1 N–H and O–H groups in total. The summed E-state index contributed by atoms with van der Waals surface area (Å²) in [7, 11) is 3.01. The first-order valence-electron chi connectivity index (χ1n) is 5.94. The molecule has 1 aromatic heterocycles. The Morgan fingerprint density at radius 2 is 2.21 bits per heavy atom. The van der Waals surface area contributed by atoms with Crippen LogP contribution < -0.4 is 5.32 Å². The van der Waals surface area contributed by atoms with Gasteiger partial charge in [-0.05, 0) is 38.6 Å². The van der Waals surface area contributed by atoms with Crippen molar-refractivity contribution in [3.05, 3.63) is 23.9 Å². The van der Waals surface area contributed by atoms with Gasteiger partial charge in [-0.2, -0.15) is 0 Å². The van der Waals surface area contributed by atoms with Crippen LogP contribution in [0.15, 0.2) is 18.3 Å². The topological polar surface area (TPSA) is 71.5 Å². The number of esters is 1. The molecule has 0 aliphatic rings. The zero-order chi connectivity index (χ0) is 14.4. The van der Waals surface area contributed by atoms with Gasteiger partial charge in [-0.3, -0.25) is 14.5 Å². The van der Waals surface area contributed by atoms with E-state index in [0.717, 1.165) is 5.56 Å². The SMILES string of the molecule is COC(=O)[C@H](C)N(C)CC(=O)Nc1cc(C)ccn1. The van der Waals surface area contributed by atoms with Crippen molar-refractivity contribution in [2.45, 2.75) is 19.9 Å². The van der Waals surface area contributed by atoms with Gasteiger partial charge < -0.3 is 10.1 Å². The summed E-state index contributed by atoms with van der Waals surface area (Å²) in [4.78, 5) is 28.8. The van der Waals surface area contributed by atoms with Crippen molar-refractivity contribution in [2.24, 2.45) is 0 Å². The molecule has 0 bridgehead atoms. The number of amides is 1. The summed E-state index contributed by atoms with van der Waals surface area (Å²) in [6.07, 6.45) is 1.63. The van der Waals surface area contributed by atoms with Crippen molar-refractivity contribution in [2.75, 3.05) is 26.0 Å². The van der Waals surface area contributed by atoms with Crippen molar-refractivity contribution in [3.8, 4) is 0 Å². The first kappa shape index (κ1) is 15.1. The zero-order valence-corrected chi connectivity index (χ0v) is 11.6. The largest absolute Gasteiger partial charge is 0.468 e. The van der Waals surface area contributed by atoms with E-state index in [1.54, 1.807) is 31.1 Å². The Hall–Kier alpha value is -1.95. The number of rotatable bonds is 5. The molecule has 6 heteroatoms. The molecule has 0 unspecified atom stereocenters. The number of nitrogens with one attached hydrogen (secondary N) is 1. The molecule has 1 rings (SSSR count). The summed E-state index contributed by atoms with van der Waals surface area (Å²) < 4.78 is 4.62. The van der Waals surface area contributed by atoms with E-state index in [1.807, 2.05) is 13.0 Å². The second-order valence-corrected chi connectivity index (χ2v) is 4.38. The van der Waals surface area contributed by atoms with Gasteiger partial charge >= 0.3 is 5.97 Å². The minimum Gasteiger partial charge on any atom is -0.468 e. The van der Waals surface area contributed by atoms with E-state index in [2.05, 4.69) is 15.0 Å². The Kier molecular flexibility index (Phi) is 5.44. The van der Waals surface area contributed by atoms with E-state index in [9.17, 15) is 9.59 Å². The third kappa shape index (κ3) is 4.67. The smallest absolute Gasteiger partial charge is 0.322 e. The number of pyridine rings is 1. The number of anilines is 1. The van der Waals surface area contributed by atoms with Crippen LogP contribution in [0.25, 0.3) is 0 Å². The van der Waals surface area contributed by atoms with Gasteiger partial charge in [0.1, 0.15) is 11.9 Å². The van der Waals surface area contributed by atoms with Crippen LogP contribution in [0.5, 0.6) is 0 Å². The lowest BCUT2D eigenvalue weighted by Gasteiger charge is -2.21. The normalized spacial score (nSPS) is 12.1. The molecule has 1 heterocycles. The molecule has 0 aliphatic heterocycles. The van der Waals surface area contributed by atoms with Gasteiger partial charge in [-0.25, -0.2) is 4.98 Å². The molecule has 19 heavy (non-hydrogen) atoms. The number of likely N-dealkylation sites (N-methyl/N-ethyl adjacent to an activating group) is 1. The molecule has 1 aromatic rings. The molecular formula is C13H19N3O3. The molecular weight excluding hydrogens is 246 g/mol. The lowest BCUT2D eigenvalue weighted by molar-refractivity contribution is -0.146. The summed E-state index contributed by atoms with van der Waals surface area (Å²) in [5.41, 5.74) is 1.02. The monoisotopic (exact) mass is 265 g/mol. The number of hydrogen-bond donors (Lipinski definition) is 1. The lowest BCUT2D eigenvalue weighted by atomic mass is 10.3. The van der Waals surface area contributed by atoms with Crippen molar-refractivity contribution < 1.29 is 14.3 Å². The summed E-state index contributed by atoms with van der Waals surface area (Å²) >= 11 is 0. The highest BCUT2D eigenvalue weighted by atomic mass is 16.5. The lowest BCUT2D eigenvalue weighted by Crippen LogP contribution is -2.41. The summed E-state index contributed by atoms with van der Waals surface area (Å²) in [5, 5.41) is 2.68. The predicted octanol–water partition coefficient (Wildman–Crippen LogP) is 0.822. The van der Waals surface area contributed by atoms with Crippen LogP contribution in [-0.2, 0) is 14.3 Å². The first-order valence-corrected chi connectivity index (χ1v) is 5.94. The van der Waals surface area contributed by atoms with Crippen LogP contribution in [0.4, 0.5) is 5.82 Å². The maximum absolute atomic E-state index is 11.8. The Labute approximate surface area is 112 Å². The maximum Gasteiger partial charge on any atom is 0.322 e. The van der Waals surface area contributed by atoms with E-state index < -0.39 is 6.04 Å². The second-order valence-electron chi connectivity index (χ2n) is 4.38. The highest BCUT2D eigenvalue weighted by molar-refractivity contribution is 5.91. The highest BCUT2D eigenvalue weighted by Gasteiger charge is 2.20. The van der Waals surface area contributed by atoms with Crippen LogP contribution in [0, 0.1) is 6.92 Å². The van der Waals surface area contributed by atoms with Gasteiger partial charge in [0.05, 0.1) is 13.7 Å². The molecule has 0 aromatic carbocycles. The predicted molar refractivity (Wildman–Crippen MR) is 71.7 cm³/mol. The number of aryl methyl sites for hydroxylation is 1. The standard InChI is InChI=1S/C13H19N3O3/c1-9-5-6-14-11(7-9)15-12(17)8-16(3)10(2)13(18)19-4/h5-7,10H,8H2,1-4H3,(H,14,15,17)/t10-/m0/s1. The average molecular weight is 265 g/mol. The molecule has 0 fully saturated rings. The number of hydrogen-bond acceptors (Lipinski definition) is 5. The van der Waals surface area contributed by atoms with E-state index >= 15 is 0 Å². The van der Waals surface area contributed by atoms with Crippen LogP contribution in [-0.4, -0.2) is 48.5 Å². The molecule has 0 aliphatic carbocycles. The molecule has 6 nitrogen and oxygen atoms in total. The van der Waals surface area contributed by atoms with Crippen LogP contribution in [0.2, 0.25) is 0 Å². The van der Waals surface area contributed by atoms with E-state index in [-0.39, 0.29) is 18.4 Å². The first-order chi connectivity index (χ1) is 8.93. The summed E-state index contributed by atoms with van der Waals surface area (Å²) in [6, 6.07) is 3.16. The van der Waals surface area contributed by atoms with Gasteiger partial charge in [-0.15, -0.1) is 0 Å². The molecule has 0 saturated heterocycles. The summed E-state index contributed by atoms with van der Waals surface area (Å²) in [5.74, 6) is -0.0931. The fourth-order valence-electron chi connectivity index (χ4n) is 1.50. The fraction of sp³-hybridized carbons (Fsp3) is 0.462. The van der Waals surface area contributed by atoms with Gasteiger partial charge in [-0.1, -0.05) is 0 Å². The number of carbonyl (C=O) groups is 2. The Bertz CT molecular complexity index is 462. The van der Waals surface area contributed by atoms with Crippen LogP contribution in [0.1, 0.15) is 12.5 Å². The minimum absolute atomic E-state index is 0.0892. The Balaban J connectivity index is 2.53. The van der Waals surface area contributed by atoms with E-state index in [4.69, 9.17) is 0 Å².